The monoisotopic (exact) mass is 220 g/mol. The number of nitrogens with one attached hydrogen (secondary N) is 1. The largest absolute Gasteiger partial charge is 0.383 e. The second-order valence-corrected chi connectivity index (χ2v) is 4.08. The Kier molecular flexibility index (Phi) is 2.82. The summed E-state index contributed by atoms with van der Waals surface area (Å²) in [6.07, 6.45) is 3.66. The highest BCUT2D eigenvalue weighted by Crippen LogP contribution is 2.18. The molecule has 5 heteroatoms. The van der Waals surface area contributed by atoms with Crippen molar-refractivity contribution in [3.05, 3.63) is 35.7 Å². The Morgan fingerprint density at radius 2 is 2.40 bits per heavy atom. The minimum atomic E-state index is 0.561. The van der Waals surface area contributed by atoms with Crippen LogP contribution in [0.3, 0.4) is 0 Å². The van der Waals surface area contributed by atoms with E-state index in [1.807, 2.05) is 18.3 Å². The predicted molar refractivity (Wildman–Crippen MR) is 62.8 cm³/mol. The van der Waals surface area contributed by atoms with Crippen molar-refractivity contribution in [2.45, 2.75) is 13.5 Å². The molecule has 0 aliphatic carbocycles. The van der Waals surface area contributed by atoms with E-state index in [9.17, 15) is 0 Å². The van der Waals surface area contributed by atoms with Crippen LogP contribution in [0.1, 0.15) is 11.1 Å². The average molecular weight is 220 g/mol. The van der Waals surface area contributed by atoms with Crippen molar-refractivity contribution in [2.24, 2.45) is 0 Å². The molecule has 0 bridgehead atoms. The third-order valence-corrected chi connectivity index (χ3v) is 2.89. The van der Waals surface area contributed by atoms with Crippen molar-refractivity contribution in [3.8, 4) is 0 Å². The zero-order valence-electron chi connectivity index (χ0n) is 8.40. The molecule has 2 aromatic heterocycles. The van der Waals surface area contributed by atoms with Crippen LogP contribution in [0.5, 0.6) is 0 Å². The lowest BCUT2D eigenvalue weighted by molar-refractivity contribution is 1.09. The van der Waals surface area contributed by atoms with Gasteiger partial charge in [-0.15, -0.1) is 0 Å². The van der Waals surface area contributed by atoms with E-state index in [2.05, 4.69) is 21.6 Å². The van der Waals surface area contributed by atoms with Gasteiger partial charge in [0.05, 0.1) is 0 Å². The number of hydrogen-bond donors (Lipinski definition) is 2. The van der Waals surface area contributed by atoms with Crippen LogP contribution < -0.4 is 11.1 Å². The quantitative estimate of drug-likeness (QED) is 0.830. The molecule has 3 N–H and O–H groups in total. The van der Waals surface area contributed by atoms with Crippen LogP contribution in [0.4, 0.5) is 10.8 Å². The first-order valence-electron chi connectivity index (χ1n) is 4.61. The maximum atomic E-state index is 5.52. The number of nitrogens with two attached hydrogens (primary N) is 1. The van der Waals surface area contributed by atoms with Gasteiger partial charge in [0.2, 0.25) is 0 Å². The lowest BCUT2D eigenvalue weighted by Crippen LogP contribution is -2.00. The summed E-state index contributed by atoms with van der Waals surface area (Å²) in [5.41, 5.74) is 7.94. The molecule has 0 atom stereocenters. The van der Waals surface area contributed by atoms with E-state index in [-0.39, 0.29) is 0 Å². The lowest BCUT2D eigenvalue weighted by Gasteiger charge is -2.05. The molecule has 0 saturated carbocycles. The molecule has 15 heavy (non-hydrogen) atoms. The maximum absolute atomic E-state index is 5.52. The minimum Gasteiger partial charge on any atom is -0.383 e. The van der Waals surface area contributed by atoms with Crippen molar-refractivity contribution in [1.29, 1.82) is 0 Å². The second-order valence-electron chi connectivity index (χ2n) is 3.27. The average Bonchev–Trinajstić information content (AvgIpc) is 2.63. The molecule has 0 saturated heterocycles. The van der Waals surface area contributed by atoms with E-state index in [0.29, 0.717) is 5.82 Å². The van der Waals surface area contributed by atoms with E-state index in [0.717, 1.165) is 11.5 Å². The van der Waals surface area contributed by atoms with Gasteiger partial charge in [0.25, 0.3) is 0 Å². The zero-order chi connectivity index (χ0) is 10.7. The van der Waals surface area contributed by atoms with Gasteiger partial charge in [0.1, 0.15) is 10.8 Å². The van der Waals surface area contributed by atoms with Gasteiger partial charge in [-0.3, -0.25) is 4.98 Å². The summed E-state index contributed by atoms with van der Waals surface area (Å²) in [5, 5.41) is 4.24. The summed E-state index contributed by atoms with van der Waals surface area (Å²) in [6.45, 7) is 2.82. The summed E-state index contributed by atoms with van der Waals surface area (Å²) in [5.74, 6) is 0.561. The number of anilines is 2. The molecule has 0 unspecified atom stereocenters. The van der Waals surface area contributed by atoms with E-state index in [1.54, 1.807) is 6.20 Å². The Balaban J connectivity index is 2.02. The van der Waals surface area contributed by atoms with Crippen LogP contribution in [-0.2, 0) is 6.54 Å². The summed E-state index contributed by atoms with van der Waals surface area (Å²) >= 11 is 1.37. The maximum Gasteiger partial charge on any atom is 0.139 e. The molecule has 0 spiro atoms. The topological polar surface area (TPSA) is 63.8 Å². The fraction of sp³-hybridized carbons (Fsp3) is 0.200. The zero-order valence-corrected chi connectivity index (χ0v) is 9.21. The summed E-state index contributed by atoms with van der Waals surface area (Å²) in [6, 6.07) is 3.83. The van der Waals surface area contributed by atoms with Gasteiger partial charge in [0.15, 0.2) is 0 Å². The highest BCUT2D eigenvalue weighted by atomic mass is 32.1. The summed E-state index contributed by atoms with van der Waals surface area (Å²) in [7, 11) is 0. The number of aryl methyl sites for hydroxylation is 1. The number of rotatable bonds is 3. The van der Waals surface area contributed by atoms with Crippen LogP contribution in [0.25, 0.3) is 0 Å². The minimum absolute atomic E-state index is 0.561. The molecule has 4 nitrogen and oxygen atoms in total. The fourth-order valence-electron chi connectivity index (χ4n) is 1.24. The Hall–Kier alpha value is -1.62. The van der Waals surface area contributed by atoms with Crippen LogP contribution >= 0.6 is 11.5 Å². The Morgan fingerprint density at radius 3 is 3.07 bits per heavy atom. The molecule has 0 fully saturated rings. The Bertz CT molecular complexity index is 452. The van der Waals surface area contributed by atoms with Gasteiger partial charge >= 0.3 is 0 Å². The number of aromatic nitrogens is 2. The number of nitrogen functional groups attached to an aromatic ring is 1. The van der Waals surface area contributed by atoms with Crippen LogP contribution in [0.2, 0.25) is 0 Å². The molecule has 0 radical (unpaired) electrons. The third-order valence-electron chi connectivity index (χ3n) is 2.13. The van der Waals surface area contributed by atoms with Crippen molar-refractivity contribution in [1.82, 2.24) is 9.36 Å². The van der Waals surface area contributed by atoms with E-state index < -0.39 is 0 Å². The molecule has 0 aromatic carbocycles. The highest BCUT2D eigenvalue weighted by Gasteiger charge is 2.00. The van der Waals surface area contributed by atoms with Crippen LogP contribution in [-0.4, -0.2) is 9.36 Å². The first kappa shape index (κ1) is 9.92. The van der Waals surface area contributed by atoms with Gasteiger partial charge in [0, 0.05) is 25.0 Å². The standard InChI is InChI=1S/C10H12N4S/c1-7-2-3-12-5-8(7)6-13-10-4-9(11)14-15-10/h2-5,13H,6H2,1H3,(H2,11,14). The Morgan fingerprint density at radius 1 is 1.53 bits per heavy atom. The van der Waals surface area contributed by atoms with Crippen molar-refractivity contribution in [2.75, 3.05) is 11.1 Å². The van der Waals surface area contributed by atoms with E-state index in [4.69, 9.17) is 5.73 Å². The second kappa shape index (κ2) is 4.27. The van der Waals surface area contributed by atoms with Gasteiger partial charge in [-0.2, -0.15) is 4.37 Å². The molecule has 78 valence electrons. The highest BCUT2D eigenvalue weighted by molar-refractivity contribution is 7.10. The normalized spacial score (nSPS) is 10.2. The SMILES string of the molecule is Cc1ccncc1CNc1cc(N)ns1. The lowest BCUT2D eigenvalue weighted by atomic mass is 10.2. The van der Waals surface area contributed by atoms with Crippen LogP contribution in [0.15, 0.2) is 24.5 Å². The van der Waals surface area contributed by atoms with E-state index >= 15 is 0 Å². The van der Waals surface area contributed by atoms with Gasteiger partial charge in [-0.25, -0.2) is 0 Å². The summed E-state index contributed by atoms with van der Waals surface area (Å²) < 4.78 is 3.99. The number of hydrogen-bond acceptors (Lipinski definition) is 5. The third kappa shape index (κ3) is 2.44. The van der Waals surface area contributed by atoms with Crippen molar-refractivity contribution >= 4 is 22.4 Å². The first-order chi connectivity index (χ1) is 7.25. The number of pyridine rings is 1. The van der Waals surface area contributed by atoms with E-state index in [1.165, 1.54) is 22.7 Å². The molecule has 0 aliphatic heterocycles. The molecular weight excluding hydrogens is 208 g/mol. The van der Waals surface area contributed by atoms with Crippen LogP contribution in [0, 0.1) is 6.92 Å². The predicted octanol–water partition coefficient (Wildman–Crippen LogP) is 2.04. The molecule has 2 heterocycles. The fourth-order valence-corrected chi connectivity index (χ4v) is 1.80. The number of nitrogens with zero attached hydrogens (tertiary/aromatic N) is 2. The van der Waals surface area contributed by atoms with Crippen molar-refractivity contribution in [3.63, 3.8) is 0 Å². The molecule has 0 aliphatic rings. The molecule has 2 rings (SSSR count). The van der Waals surface area contributed by atoms with Gasteiger partial charge < -0.3 is 11.1 Å². The first-order valence-corrected chi connectivity index (χ1v) is 5.38. The summed E-state index contributed by atoms with van der Waals surface area (Å²) in [4.78, 5) is 4.09. The molecule has 2 aromatic rings. The molecule has 0 amide bonds. The molecular formula is C10H12N4S. The van der Waals surface area contributed by atoms with Gasteiger partial charge in [-0.1, -0.05) is 0 Å². The van der Waals surface area contributed by atoms with Gasteiger partial charge in [-0.05, 0) is 35.6 Å². The smallest absolute Gasteiger partial charge is 0.139 e. The van der Waals surface area contributed by atoms with Crippen molar-refractivity contribution < 1.29 is 0 Å². The Labute approximate surface area is 92.3 Å².